The standard InChI is InChI=1S/C15H11ClN2O/c16-12-9-10(5-6-13(12)17)19-15-7-8-18-14-4-2-1-3-11(14)15/h1-9H,17H2. The van der Waals surface area contributed by atoms with Crippen molar-refractivity contribution in [3.05, 3.63) is 59.8 Å². The van der Waals surface area contributed by atoms with Gasteiger partial charge in [0.2, 0.25) is 0 Å². The van der Waals surface area contributed by atoms with Gasteiger partial charge in [-0.1, -0.05) is 23.7 Å². The van der Waals surface area contributed by atoms with Crippen LogP contribution in [0.1, 0.15) is 0 Å². The Kier molecular flexibility index (Phi) is 2.97. The molecule has 0 fully saturated rings. The van der Waals surface area contributed by atoms with E-state index in [0.29, 0.717) is 16.5 Å². The molecule has 19 heavy (non-hydrogen) atoms. The Morgan fingerprint density at radius 1 is 1.05 bits per heavy atom. The smallest absolute Gasteiger partial charge is 0.138 e. The molecule has 0 aliphatic heterocycles. The van der Waals surface area contributed by atoms with Crippen LogP contribution in [-0.4, -0.2) is 4.98 Å². The molecule has 0 saturated heterocycles. The number of fused-ring (bicyclic) bond motifs is 1. The van der Waals surface area contributed by atoms with Gasteiger partial charge < -0.3 is 10.5 Å². The van der Waals surface area contributed by atoms with Gasteiger partial charge in [-0.3, -0.25) is 4.98 Å². The molecular weight excluding hydrogens is 260 g/mol. The Morgan fingerprint density at radius 2 is 1.89 bits per heavy atom. The molecule has 0 bridgehead atoms. The number of nitrogens with two attached hydrogens (primary N) is 1. The van der Waals surface area contributed by atoms with E-state index in [9.17, 15) is 0 Å². The number of hydrogen-bond donors (Lipinski definition) is 1. The fraction of sp³-hybridized carbons (Fsp3) is 0. The molecule has 0 unspecified atom stereocenters. The minimum absolute atomic E-state index is 0.482. The van der Waals surface area contributed by atoms with Crippen LogP contribution in [0.15, 0.2) is 54.7 Å². The Balaban J connectivity index is 2.03. The number of benzene rings is 2. The molecule has 0 aliphatic carbocycles. The molecule has 0 amide bonds. The van der Waals surface area contributed by atoms with Gasteiger partial charge in [-0.2, -0.15) is 0 Å². The van der Waals surface area contributed by atoms with E-state index < -0.39 is 0 Å². The normalized spacial score (nSPS) is 10.6. The monoisotopic (exact) mass is 270 g/mol. The molecule has 2 aromatic carbocycles. The lowest BCUT2D eigenvalue weighted by atomic mass is 10.2. The second-order valence-corrected chi connectivity index (χ2v) is 4.52. The third-order valence-electron chi connectivity index (χ3n) is 2.81. The highest BCUT2D eigenvalue weighted by Gasteiger charge is 2.05. The minimum Gasteiger partial charge on any atom is -0.457 e. The average Bonchev–Trinajstić information content (AvgIpc) is 2.43. The zero-order valence-electron chi connectivity index (χ0n) is 10.0. The number of pyridine rings is 1. The van der Waals surface area contributed by atoms with Crippen LogP contribution in [0.25, 0.3) is 10.9 Å². The molecule has 94 valence electrons. The summed E-state index contributed by atoms with van der Waals surface area (Å²) in [5, 5.41) is 1.44. The van der Waals surface area contributed by atoms with E-state index in [1.165, 1.54) is 0 Å². The first-order valence-corrected chi connectivity index (χ1v) is 6.18. The maximum absolute atomic E-state index is 5.98. The number of aromatic nitrogens is 1. The molecule has 0 saturated carbocycles. The maximum atomic E-state index is 5.98. The van der Waals surface area contributed by atoms with Gasteiger partial charge in [-0.05, 0) is 30.3 Å². The van der Waals surface area contributed by atoms with E-state index >= 15 is 0 Å². The second-order valence-electron chi connectivity index (χ2n) is 4.11. The molecule has 0 radical (unpaired) electrons. The molecule has 0 aliphatic rings. The van der Waals surface area contributed by atoms with Crippen LogP contribution in [0.2, 0.25) is 5.02 Å². The van der Waals surface area contributed by atoms with E-state index in [0.717, 1.165) is 16.7 Å². The number of nitrogens with zero attached hydrogens (tertiary/aromatic N) is 1. The Bertz CT molecular complexity index is 738. The number of nitrogen functional groups attached to an aromatic ring is 1. The third kappa shape index (κ3) is 2.33. The lowest BCUT2D eigenvalue weighted by molar-refractivity contribution is 0.488. The second kappa shape index (κ2) is 4.78. The van der Waals surface area contributed by atoms with Crippen molar-refractivity contribution in [2.75, 3.05) is 5.73 Å². The molecule has 0 atom stereocenters. The van der Waals surface area contributed by atoms with E-state index in [4.69, 9.17) is 22.1 Å². The van der Waals surface area contributed by atoms with Crippen molar-refractivity contribution in [1.82, 2.24) is 4.98 Å². The highest BCUT2D eigenvalue weighted by atomic mass is 35.5. The molecule has 0 spiro atoms. The summed E-state index contributed by atoms with van der Waals surface area (Å²) in [6.07, 6.45) is 1.72. The van der Waals surface area contributed by atoms with Crippen molar-refractivity contribution >= 4 is 28.2 Å². The summed E-state index contributed by atoms with van der Waals surface area (Å²) in [6, 6.07) is 14.8. The van der Waals surface area contributed by atoms with Crippen LogP contribution in [-0.2, 0) is 0 Å². The maximum Gasteiger partial charge on any atom is 0.138 e. The number of ether oxygens (including phenoxy) is 1. The number of anilines is 1. The lowest BCUT2D eigenvalue weighted by Gasteiger charge is -2.09. The largest absolute Gasteiger partial charge is 0.457 e. The predicted molar refractivity (Wildman–Crippen MR) is 77.7 cm³/mol. The molecule has 3 nitrogen and oxygen atoms in total. The van der Waals surface area contributed by atoms with Gasteiger partial charge in [0.15, 0.2) is 0 Å². The zero-order valence-corrected chi connectivity index (χ0v) is 10.8. The van der Waals surface area contributed by atoms with Gasteiger partial charge >= 0.3 is 0 Å². The van der Waals surface area contributed by atoms with Crippen LogP contribution in [0.5, 0.6) is 11.5 Å². The molecule has 4 heteroatoms. The number of para-hydroxylation sites is 1. The van der Waals surface area contributed by atoms with Crippen molar-refractivity contribution in [1.29, 1.82) is 0 Å². The van der Waals surface area contributed by atoms with Crippen LogP contribution in [0.4, 0.5) is 5.69 Å². The van der Waals surface area contributed by atoms with Gasteiger partial charge in [0, 0.05) is 17.6 Å². The van der Waals surface area contributed by atoms with Crippen LogP contribution in [0.3, 0.4) is 0 Å². The first-order valence-electron chi connectivity index (χ1n) is 5.81. The summed E-state index contributed by atoms with van der Waals surface area (Å²) >= 11 is 5.98. The highest BCUT2D eigenvalue weighted by molar-refractivity contribution is 6.33. The SMILES string of the molecule is Nc1ccc(Oc2ccnc3ccccc23)cc1Cl. The van der Waals surface area contributed by atoms with Crippen molar-refractivity contribution in [3.8, 4) is 11.5 Å². The molecular formula is C15H11ClN2O. The fourth-order valence-electron chi connectivity index (χ4n) is 1.86. The van der Waals surface area contributed by atoms with Gasteiger partial charge in [-0.15, -0.1) is 0 Å². The number of rotatable bonds is 2. The molecule has 1 heterocycles. The summed E-state index contributed by atoms with van der Waals surface area (Å²) in [7, 11) is 0. The highest BCUT2D eigenvalue weighted by Crippen LogP contribution is 2.31. The van der Waals surface area contributed by atoms with Crippen LogP contribution >= 0.6 is 11.6 Å². The average molecular weight is 271 g/mol. The topological polar surface area (TPSA) is 48.1 Å². The van der Waals surface area contributed by atoms with Crippen molar-refractivity contribution in [3.63, 3.8) is 0 Å². The summed E-state index contributed by atoms with van der Waals surface area (Å²) in [6.45, 7) is 0. The molecule has 3 aromatic rings. The first-order chi connectivity index (χ1) is 9.24. The van der Waals surface area contributed by atoms with Crippen molar-refractivity contribution in [2.24, 2.45) is 0 Å². The van der Waals surface area contributed by atoms with E-state index in [2.05, 4.69) is 4.98 Å². The lowest BCUT2D eigenvalue weighted by Crippen LogP contribution is -1.90. The van der Waals surface area contributed by atoms with Gasteiger partial charge in [0.1, 0.15) is 11.5 Å². The summed E-state index contributed by atoms with van der Waals surface area (Å²) in [4.78, 5) is 4.29. The van der Waals surface area contributed by atoms with Gasteiger partial charge in [0.05, 0.1) is 16.2 Å². The Morgan fingerprint density at radius 3 is 2.74 bits per heavy atom. The van der Waals surface area contributed by atoms with E-state index in [1.54, 1.807) is 24.4 Å². The van der Waals surface area contributed by atoms with Gasteiger partial charge in [0.25, 0.3) is 0 Å². The summed E-state index contributed by atoms with van der Waals surface area (Å²) in [5.41, 5.74) is 7.10. The molecule has 3 rings (SSSR count). The minimum atomic E-state index is 0.482. The Labute approximate surface area is 115 Å². The molecule has 1 aromatic heterocycles. The summed E-state index contributed by atoms with van der Waals surface area (Å²) in [5.74, 6) is 1.39. The van der Waals surface area contributed by atoms with Crippen molar-refractivity contribution in [2.45, 2.75) is 0 Å². The number of halogens is 1. The Hall–Kier alpha value is -2.26. The van der Waals surface area contributed by atoms with E-state index in [-0.39, 0.29) is 0 Å². The fourth-order valence-corrected chi connectivity index (χ4v) is 2.03. The quantitative estimate of drug-likeness (QED) is 0.708. The third-order valence-corrected chi connectivity index (χ3v) is 3.14. The first kappa shape index (κ1) is 11.8. The van der Waals surface area contributed by atoms with E-state index in [1.807, 2.05) is 30.3 Å². The van der Waals surface area contributed by atoms with Gasteiger partial charge in [-0.25, -0.2) is 0 Å². The van der Waals surface area contributed by atoms with Crippen molar-refractivity contribution < 1.29 is 4.74 Å². The number of hydrogen-bond acceptors (Lipinski definition) is 3. The zero-order chi connectivity index (χ0) is 13.2. The van der Waals surface area contributed by atoms with Crippen LogP contribution in [0, 0.1) is 0 Å². The summed E-state index contributed by atoms with van der Waals surface area (Å²) < 4.78 is 5.85. The predicted octanol–water partition coefficient (Wildman–Crippen LogP) is 4.26. The van der Waals surface area contributed by atoms with Crippen LogP contribution < -0.4 is 10.5 Å². The molecule has 2 N–H and O–H groups in total.